The van der Waals surface area contributed by atoms with Crippen LogP contribution in [0.2, 0.25) is 0 Å². The number of alkyl carbamates (subject to hydrolysis) is 1. The molecule has 0 saturated carbocycles. The molecule has 340 valence electrons. The average Bonchev–Trinajstić information content (AvgIpc) is 3.68. The Hall–Kier alpha value is -4.28. The standard InChI is InChI=1S/C44H74N6O10/c1-14-28(4)38(49(11)36(53)26-46-42(56)37(27(2)3)48(10)34(51)22-23-45-43(57)60-44(7,8)9)33(58-12)25-35(52)50-24-18-21-32(50)40(59-13)29(5)41(55)47-30(6)39(54)31-19-16-15-17-20-31/h15-17,19-20,27-30,32-33,37-40,54H,14,18,21-26H2,1-13H3,(H,45,57)(H,46,56)(H,47,55)/t28-,29?,30?,32?,33?,37?,38?,39?,40?/m0/s1. The fourth-order valence-electron chi connectivity index (χ4n) is 7.93. The highest BCUT2D eigenvalue weighted by Crippen LogP contribution is 2.30. The maximum absolute atomic E-state index is 14.1. The largest absolute Gasteiger partial charge is 0.444 e. The van der Waals surface area contributed by atoms with E-state index >= 15 is 0 Å². The van der Waals surface area contributed by atoms with Crippen LogP contribution in [0.3, 0.4) is 0 Å². The van der Waals surface area contributed by atoms with Gasteiger partial charge in [0.15, 0.2) is 0 Å². The lowest BCUT2D eigenvalue weighted by molar-refractivity contribution is -0.146. The Morgan fingerprint density at radius 3 is 2.08 bits per heavy atom. The molecule has 8 unspecified atom stereocenters. The summed E-state index contributed by atoms with van der Waals surface area (Å²) in [5.41, 5.74) is 0.00429. The number of ether oxygens (including phenoxy) is 3. The second kappa shape index (κ2) is 24.2. The molecule has 1 aromatic rings. The summed E-state index contributed by atoms with van der Waals surface area (Å²) in [6, 6.07) is 6.75. The summed E-state index contributed by atoms with van der Waals surface area (Å²) in [6.45, 7) is 16.4. The van der Waals surface area contributed by atoms with Crippen molar-refractivity contribution in [2.24, 2.45) is 17.8 Å². The third-order valence-corrected chi connectivity index (χ3v) is 11.4. The van der Waals surface area contributed by atoms with E-state index in [0.29, 0.717) is 24.9 Å². The van der Waals surface area contributed by atoms with Gasteiger partial charge in [0.2, 0.25) is 29.5 Å². The molecule has 16 nitrogen and oxygen atoms in total. The Balaban J connectivity index is 2.11. The number of rotatable bonds is 22. The van der Waals surface area contributed by atoms with Crippen molar-refractivity contribution < 1.29 is 48.1 Å². The van der Waals surface area contributed by atoms with Gasteiger partial charge in [-0.1, -0.05) is 71.4 Å². The molecule has 1 fully saturated rings. The lowest BCUT2D eigenvalue weighted by atomic mass is 9.90. The van der Waals surface area contributed by atoms with Gasteiger partial charge in [0.1, 0.15) is 11.6 Å². The van der Waals surface area contributed by atoms with E-state index in [1.54, 1.807) is 72.5 Å². The monoisotopic (exact) mass is 847 g/mol. The minimum Gasteiger partial charge on any atom is -0.444 e. The van der Waals surface area contributed by atoms with Crippen LogP contribution >= 0.6 is 0 Å². The van der Waals surface area contributed by atoms with Crippen LogP contribution in [0.1, 0.15) is 106 Å². The molecule has 0 bridgehead atoms. The van der Waals surface area contributed by atoms with Gasteiger partial charge in [0.25, 0.3) is 0 Å². The number of aliphatic hydroxyl groups excluding tert-OH is 1. The van der Waals surface area contributed by atoms with Crippen LogP contribution in [0.5, 0.6) is 0 Å². The highest BCUT2D eigenvalue weighted by molar-refractivity contribution is 5.91. The third-order valence-electron chi connectivity index (χ3n) is 11.4. The lowest BCUT2D eigenvalue weighted by Gasteiger charge is -2.39. The van der Waals surface area contributed by atoms with Gasteiger partial charge in [0.05, 0.1) is 55.3 Å². The smallest absolute Gasteiger partial charge is 0.407 e. The van der Waals surface area contributed by atoms with Crippen molar-refractivity contribution in [1.29, 1.82) is 0 Å². The van der Waals surface area contributed by atoms with Crippen molar-refractivity contribution >= 4 is 35.6 Å². The summed E-state index contributed by atoms with van der Waals surface area (Å²) in [4.78, 5) is 84.5. The van der Waals surface area contributed by atoms with Crippen molar-refractivity contribution in [3.8, 4) is 0 Å². The van der Waals surface area contributed by atoms with Gasteiger partial charge in [-0.2, -0.15) is 0 Å². The number of nitrogens with zero attached hydrogens (tertiary/aromatic N) is 3. The third kappa shape index (κ3) is 15.0. The molecule has 1 saturated heterocycles. The van der Waals surface area contributed by atoms with E-state index in [9.17, 15) is 33.9 Å². The van der Waals surface area contributed by atoms with Gasteiger partial charge in [0, 0.05) is 47.8 Å². The maximum atomic E-state index is 14.1. The topological polar surface area (TPSA) is 196 Å². The summed E-state index contributed by atoms with van der Waals surface area (Å²) >= 11 is 0. The normalized spacial score (nSPS) is 18.2. The van der Waals surface area contributed by atoms with Gasteiger partial charge >= 0.3 is 6.09 Å². The number of likely N-dealkylation sites (tertiary alicyclic amines) is 1. The first-order chi connectivity index (χ1) is 28.1. The van der Waals surface area contributed by atoms with Crippen LogP contribution in [0.25, 0.3) is 0 Å². The van der Waals surface area contributed by atoms with E-state index in [0.717, 1.165) is 6.42 Å². The maximum Gasteiger partial charge on any atom is 0.407 e. The summed E-state index contributed by atoms with van der Waals surface area (Å²) in [5.74, 6) is -2.77. The van der Waals surface area contributed by atoms with E-state index in [2.05, 4.69) is 16.0 Å². The molecular weight excluding hydrogens is 773 g/mol. The summed E-state index contributed by atoms with van der Waals surface area (Å²) in [7, 11) is 6.18. The number of aliphatic hydroxyl groups is 1. The quantitative estimate of drug-likeness (QED) is 0.134. The number of likely N-dealkylation sites (N-methyl/N-ethyl adjacent to an activating group) is 2. The predicted molar refractivity (Wildman–Crippen MR) is 228 cm³/mol. The average molecular weight is 847 g/mol. The fourth-order valence-corrected chi connectivity index (χ4v) is 7.93. The van der Waals surface area contributed by atoms with Crippen molar-refractivity contribution in [2.75, 3.05) is 47.9 Å². The molecule has 9 atom stereocenters. The molecule has 1 aromatic carbocycles. The van der Waals surface area contributed by atoms with Crippen LogP contribution in [0.4, 0.5) is 4.79 Å². The number of nitrogens with one attached hydrogen (secondary N) is 3. The van der Waals surface area contributed by atoms with Crippen molar-refractivity contribution in [2.45, 2.75) is 142 Å². The zero-order valence-electron chi connectivity index (χ0n) is 38.3. The van der Waals surface area contributed by atoms with Crippen LogP contribution < -0.4 is 16.0 Å². The van der Waals surface area contributed by atoms with Crippen molar-refractivity contribution in [1.82, 2.24) is 30.7 Å². The molecule has 60 heavy (non-hydrogen) atoms. The molecule has 0 aliphatic carbocycles. The van der Waals surface area contributed by atoms with E-state index in [-0.39, 0.29) is 61.5 Å². The van der Waals surface area contributed by atoms with E-state index in [1.165, 1.54) is 31.1 Å². The van der Waals surface area contributed by atoms with Crippen LogP contribution in [-0.4, -0.2) is 145 Å². The van der Waals surface area contributed by atoms with Gasteiger partial charge < -0.3 is 50.0 Å². The second-order valence-electron chi connectivity index (χ2n) is 17.4. The summed E-state index contributed by atoms with van der Waals surface area (Å²) in [6.07, 6.45) is -0.913. The van der Waals surface area contributed by atoms with Gasteiger partial charge in [-0.15, -0.1) is 0 Å². The first-order valence-corrected chi connectivity index (χ1v) is 21.2. The second-order valence-corrected chi connectivity index (χ2v) is 17.4. The number of carbonyl (C=O) groups excluding carboxylic acids is 6. The number of carbonyl (C=O) groups is 6. The van der Waals surface area contributed by atoms with Crippen LogP contribution in [-0.2, 0) is 38.2 Å². The van der Waals surface area contributed by atoms with Crippen LogP contribution in [0.15, 0.2) is 30.3 Å². The van der Waals surface area contributed by atoms with Crippen molar-refractivity contribution in [3.63, 3.8) is 0 Å². The molecule has 2 rings (SSSR count). The van der Waals surface area contributed by atoms with Gasteiger partial charge in [-0.05, 0) is 57.9 Å². The number of hydrogen-bond acceptors (Lipinski definition) is 10. The molecular formula is C44H74N6O10. The first kappa shape index (κ1) is 51.9. The molecule has 1 aliphatic rings. The Kier molecular flexibility index (Phi) is 20.9. The number of methoxy groups -OCH3 is 2. The highest BCUT2D eigenvalue weighted by Gasteiger charge is 2.42. The zero-order valence-corrected chi connectivity index (χ0v) is 38.3. The predicted octanol–water partition coefficient (Wildman–Crippen LogP) is 3.66. The van der Waals surface area contributed by atoms with Gasteiger partial charge in [-0.25, -0.2) is 4.79 Å². The lowest BCUT2D eigenvalue weighted by Crippen LogP contribution is -2.56. The molecule has 1 aliphatic heterocycles. The Labute approximate surface area is 357 Å². The Morgan fingerprint density at radius 2 is 1.53 bits per heavy atom. The van der Waals surface area contributed by atoms with Gasteiger partial charge in [-0.3, -0.25) is 24.0 Å². The minimum absolute atomic E-state index is 0.0241. The van der Waals surface area contributed by atoms with E-state index < -0.39 is 65.9 Å². The molecule has 1 heterocycles. The van der Waals surface area contributed by atoms with E-state index in [4.69, 9.17) is 14.2 Å². The molecule has 0 radical (unpaired) electrons. The number of amides is 6. The summed E-state index contributed by atoms with van der Waals surface area (Å²) < 4.78 is 17.1. The van der Waals surface area contributed by atoms with E-state index in [1.807, 2.05) is 32.0 Å². The highest BCUT2D eigenvalue weighted by atomic mass is 16.6. The molecule has 0 aromatic heterocycles. The Bertz CT molecular complexity index is 1560. The fraction of sp³-hybridized carbons (Fsp3) is 0.727. The van der Waals surface area contributed by atoms with Crippen molar-refractivity contribution in [3.05, 3.63) is 35.9 Å². The SMILES string of the molecule is CC[C@H](C)C(C(CC(=O)N1CCCC1C(OC)C(C)C(=O)NC(C)C(O)c1ccccc1)OC)N(C)C(=O)CNC(=O)C(C(C)C)N(C)C(=O)CCNC(=O)OC(C)(C)C. The Morgan fingerprint density at radius 1 is 0.900 bits per heavy atom. The van der Waals surface area contributed by atoms with Crippen LogP contribution in [0, 0.1) is 17.8 Å². The number of benzene rings is 1. The summed E-state index contributed by atoms with van der Waals surface area (Å²) in [5, 5.41) is 19.0. The molecule has 16 heteroatoms. The first-order valence-electron chi connectivity index (χ1n) is 21.2. The molecule has 4 N–H and O–H groups in total. The minimum atomic E-state index is -0.902. The molecule has 0 spiro atoms. The number of hydrogen-bond donors (Lipinski definition) is 4. The zero-order chi connectivity index (χ0) is 45.5. The molecule has 6 amide bonds.